The van der Waals surface area contributed by atoms with Gasteiger partial charge in [-0.1, -0.05) is 4.49 Å². The second kappa shape index (κ2) is 7.58. The van der Waals surface area contributed by atoms with E-state index < -0.39 is 0 Å². The van der Waals surface area contributed by atoms with E-state index in [9.17, 15) is 0 Å². The third kappa shape index (κ3) is 4.57. The molecule has 0 radical (unpaired) electrons. The summed E-state index contributed by atoms with van der Waals surface area (Å²) in [5.74, 6) is 0. The van der Waals surface area contributed by atoms with Crippen LogP contribution in [0.2, 0.25) is 0 Å². The standard InChI is InChI=1S/C11H22N4OS/c1-5-12-11-10(13-14-17-11)8-15(9(2)3)6-7-16-4/h9,12H,5-8H2,1-4H3. The molecule has 0 amide bonds. The average Bonchev–Trinajstić information content (AvgIpc) is 2.72. The van der Waals surface area contributed by atoms with Gasteiger partial charge in [0.25, 0.3) is 0 Å². The van der Waals surface area contributed by atoms with Crippen molar-refractivity contribution in [2.24, 2.45) is 0 Å². The Balaban J connectivity index is 2.61. The molecule has 0 aliphatic carbocycles. The van der Waals surface area contributed by atoms with Gasteiger partial charge in [0.2, 0.25) is 0 Å². The zero-order valence-electron chi connectivity index (χ0n) is 11.1. The zero-order chi connectivity index (χ0) is 12.7. The third-order valence-electron chi connectivity index (χ3n) is 2.56. The van der Waals surface area contributed by atoms with Gasteiger partial charge in [0.15, 0.2) is 0 Å². The highest BCUT2D eigenvalue weighted by Crippen LogP contribution is 2.19. The van der Waals surface area contributed by atoms with Crippen molar-refractivity contribution in [2.45, 2.75) is 33.4 Å². The summed E-state index contributed by atoms with van der Waals surface area (Å²) in [5, 5.41) is 8.56. The molecule has 1 N–H and O–H groups in total. The Morgan fingerprint density at radius 1 is 1.47 bits per heavy atom. The van der Waals surface area contributed by atoms with Gasteiger partial charge in [-0.25, -0.2) is 0 Å². The van der Waals surface area contributed by atoms with Crippen molar-refractivity contribution in [2.75, 3.05) is 32.1 Å². The molecule has 0 aliphatic heterocycles. The summed E-state index contributed by atoms with van der Waals surface area (Å²) in [4.78, 5) is 2.33. The summed E-state index contributed by atoms with van der Waals surface area (Å²) >= 11 is 1.42. The molecule has 0 atom stereocenters. The Bertz CT molecular complexity index is 316. The lowest BCUT2D eigenvalue weighted by atomic mass is 10.3. The predicted octanol–water partition coefficient (Wildman–Crippen LogP) is 1.83. The van der Waals surface area contributed by atoms with E-state index in [1.807, 2.05) is 0 Å². The van der Waals surface area contributed by atoms with Gasteiger partial charge in [-0.3, -0.25) is 4.90 Å². The van der Waals surface area contributed by atoms with Crippen LogP contribution in [0.15, 0.2) is 0 Å². The lowest BCUT2D eigenvalue weighted by Crippen LogP contribution is -2.33. The minimum Gasteiger partial charge on any atom is -0.383 e. The molecule has 1 rings (SSSR count). The van der Waals surface area contributed by atoms with Crippen LogP contribution in [-0.2, 0) is 11.3 Å². The number of anilines is 1. The molecule has 17 heavy (non-hydrogen) atoms. The van der Waals surface area contributed by atoms with Crippen LogP contribution >= 0.6 is 11.5 Å². The highest BCUT2D eigenvalue weighted by molar-refractivity contribution is 7.10. The first kappa shape index (κ1) is 14.3. The zero-order valence-corrected chi connectivity index (χ0v) is 11.9. The van der Waals surface area contributed by atoms with Crippen molar-refractivity contribution in [3.63, 3.8) is 0 Å². The van der Waals surface area contributed by atoms with Gasteiger partial charge in [0.05, 0.1) is 6.61 Å². The highest BCUT2D eigenvalue weighted by atomic mass is 32.1. The Morgan fingerprint density at radius 2 is 2.24 bits per heavy atom. The summed E-state index contributed by atoms with van der Waals surface area (Å²) in [6, 6.07) is 0.473. The normalized spacial score (nSPS) is 11.4. The first-order valence-electron chi connectivity index (χ1n) is 5.97. The molecule has 0 unspecified atom stereocenters. The van der Waals surface area contributed by atoms with Crippen LogP contribution in [0.1, 0.15) is 26.5 Å². The Labute approximate surface area is 107 Å². The molecule has 1 heterocycles. The number of aromatic nitrogens is 2. The Hall–Kier alpha value is -0.720. The van der Waals surface area contributed by atoms with Gasteiger partial charge in [0, 0.05) is 44.3 Å². The van der Waals surface area contributed by atoms with E-state index in [1.165, 1.54) is 11.5 Å². The molecular weight excluding hydrogens is 236 g/mol. The Morgan fingerprint density at radius 3 is 2.82 bits per heavy atom. The number of nitrogens with zero attached hydrogens (tertiary/aromatic N) is 3. The van der Waals surface area contributed by atoms with Gasteiger partial charge in [-0.05, 0) is 20.8 Å². The van der Waals surface area contributed by atoms with Crippen LogP contribution in [0.25, 0.3) is 0 Å². The number of hydrogen-bond donors (Lipinski definition) is 1. The summed E-state index contributed by atoms with van der Waals surface area (Å²) in [6.45, 7) is 9.82. The monoisotopic (exact) mass is 258 g/mol. The van der Waals surface area contributed by atoms with Crippen molar-refractivity contribution in [3.05, 3.63) is 5.69 Å². The largest absolute Gasteiger partial charge is 0.383 e. The second-order valence-corrected chi connectivity index (χ2v) is 4.89. The second-order valence-electron chi connectivity index (χ2n) is 4.14. The van der Waals surface area contributed by atoms with Gasteiger partial charge in [0.1, 0.15) is 10.7 Å². The fraction of sp³-hybridized carbons (Fsp3) is 0.818. The van der Waals surface area contributed by atoms with Crippen LogP contribution in [0.3, 0.4) is 0 Å². The van der Waals surface area contributed by atoms with Crippen molar-refractivity contribution in [1.82, 2.24) is 14.5 Å². The summed E-state index contributed by atoms with van der Waals surface area (Å²) in [5.41, 5.74) is 1.03. The first-order valence-corrected chi connectivity index (χ1v) is 6.74. The molecule has 0 spiro atoms. The molecule has 6 heteroatoms. The lowest BCUT2D eigenvalue weighted by Gasteiger charge is -2.25. The van der Waals surface area contributed by atoms with E-state index >= 15 is 0 Å². The van der Waals surface area contributed by atoms with Crippen molar-refractivity contribution in [3.8, 4) is 0 Å². The van der Waals surface area contributed by atoms with E-state index in [-0.39, 0.29) is 0 Å². The minimum absolute atomic E-state index is 0.473. The maximum atomic E-state index is 5.13. The molecule has 0 saturated heterocycles. The van der Waals surface area contributed by atoms with Gasteiger partial charge >= 0.3 is 0 Å². The number of nitrogens with one attached hydrogen (secondary N) is 1. The van der Waals surface area contributed by atoms with E-state index in [0.29, 0.717) is 6.04 Å². The van der Waals surface area contributed by atoms with Crippen molar-refractivity contribution in [1.29, 1.82) is 0 Å². The maximum Gasteiger partial charge on any atom is 0.134 e. The maximum absolute atomic E-state index is 5.13. The average molecular weight is 258 g/mol. The van der Waals surface area contributed by atoms with E-state index in [4.69, 9.17) is 4.74 Å². The molecule has 0 aromatic carbocycles. The Kier molecular flexibility index (Phi) is 6.39. The van der Waals surface area contributed by atoms with Crippen LogP contribution in [0.4, 0.5) is 5.00 Å². The fourth-order valence-electron chi connectivity index (χ4n) is 1.53. The minimum atomic E-state index is 0.473. The quantitative estimate of drug-likeness (QED) is 0.771. The molecule has 0 aliphatic rings. The smallest absolute Gasteiger partial charge is 0.134 e. The number of rotatable bonds is 8. The molecule has 0 bridgehead atoms. The molecule has 98 valence electrons. The predicted molar refractivity (Wildman–Crippen MR) is 71.5 cm³/mol. The molecule has 0 fully saturated rings. The molecule has 5 nitrogen and oxygen atoms in total. The first-order chi connectivity index (χ1) is 8.19. The van der Waals surface area contributed by atoms with Gasteiger partial charge in [-0.15, -0.1) is 5.10 Å². The van der Waals surface area contributed by atoms with Crippen LogP contribution in [0.5, 0.6) is 0 Å². The van der Waals surface area contributed by atoms with Gasteiger partial charge in [-0.2, -0.15) is 0 Å². The summed E-state index contributed by atoms with van der Waals surface area (Å²) in [6.07, 6.45) is 0. The summed E-state index contributed by atoms with van der Waals surface area (Å²) in [7, 11) is 1.73. The fourth-order valence-corrected chi connectivity index (χ4v) is 2.17. The number of ether oxygens (including phenoxy) is 1. The third-order valence-corrected chi connectivity index (χ3v) is 3.28. The molecular formula is C11H22N4OS. The van der Waals surface area contributed by atoms with Crippen molar-refractivity contribution < 1.29 is 4.74 Å². The number of methoxy groups -OCH3 is 1. The number of hydrogen-bond acceptors (Lipinski definition) is 6. The van der Waals surface area contributed by atoms with E-state index in [1.54, 1.807) is 7.11 Å². The lowest BCUT2D eigenvalue weighted by molar-refractivity contribution is 0.124. The topological polar surface area (TPSA) is 50.3 Å². The summed E-state index contributed by atoms with van der Waals surface area (Å²) < 4.78 is 9.13. The van der Waals surface area contributed by atoms with Crippen LogP contribution in [-0.4, -0.2) is 47.3 Å². The molecule has 0 saturated carbocycles. The SMILES string of the molecule is CCNc1snnc1CN(CCOC)C(C)C. The van der Waals surface area contributed by atoms with Crippen LogP contribution < -0.4 is 5.32 Å². The van der Waals surface area contributed by atoms with Crippen molar-refractivity contribution >= 4 is 16.5 Å². The van der Waals surface area contributed by atoms with Gasteiger partial charge < -0.3 is 10.1 Å². The van der Waals surface area contributed by atoms with E-state index in [2.05, 4.69) is 40.6 Å². The van der Waals surface area contributed by atoms with E-state index in [0.717, 1.165) is 36.9 Å². The molecule has 1 aromatic rings. The highest BCUT2D eigenvalue weighted by Gasteiger charge is 2.14. The van der Waals surface area contributed by atoms with Crippen LogP contribution in [0, 0.1) is 0 Å². The molecule has 1 aromatic heterocycles.